The van der Waals surface area contributed by atoms with E-state index in [-0.39, 0.29) is 0 Å². The molecule has 2 aromatic rings. The third-order valence-electron chi connectivity index (χ3n) is 2.89. The minimum Gasteiger partial charge on any atom is -0.370 e. The monoisotopic (exact) mass is 339 g/mol. The van der Waals surface area contributed by atoms with Crippen LogP contribution in [0.2, 0.25) is 0 Å². The van der Waals surface area contributed by atoms with Crippen LogP contribution in [0, 0.1) is 0 Å². The van der Waals surface area contributed by atoms with Gasteiger partial charge in [-0.2, -0.15) is 11.8 Å². The smallest absolute Gasteiger partial charge is 0.188 e. The van der Waals surface area contributed by atoms with Gasteiger partial charge in [0, 0.05) is 36.4 Å². The van der Waals surface area contributed by atoms with Crippen LogP contribution in [0.4, 0.5) is 0 Å². The van der Waals surface area contributed by atoms with E-state index in [1.54, 1.807) is 24.4 Å². The first kappa shape index (κ1) is 16.8. The Morgan fingerprint density at radius 2 is 2.32 bits per heavy atom. The van der Waals surface area contributed by atoms with E-state index in [0.717, 1.165) is 35.2 Å². The number of aromatic amines is 2. The lowest BCUT2D eigenvalue weighted by Crippen LogP contribution is -2.33. The molecule has 0 unspecified atom stereocenters. The molecule has 9 heteroatoms. The number of nitrogens with two attached hydrogens (primary N) is 1. The fourth-order valence-electron chi connectivity index (χ4n) is 1.80. The van der Waals surface area contributed by atoms with Gasteiger partial charge >= 0.3 is 0 Å². The van der Waals surface area contributed by atoms with E-state index in [1.165, 1.54) is 5.69 Å². The van der Waals surface area contributed by atoms with Crippen molar-refractivity contribution >= 4 is 29.5 Å². The summed E-state index contributed by atoms with van der Waals surface area (Å²) in [6, 6.07) is 0. The van der Waals surface area contributed by atoms with Crippen molar-refractivity contribution in [2.75, 3.05) is 25.1 Å². The molecule has 0 saturated carbocycles. The van der Waals surface area contributed by atoms with Crippen LogP contribution in [-0.4, -0.2) is 51.0 Å². The fourth-order valence-corrected chi connectivity index (χ4v) is 3.21. The van der Waals surface area contributed by atoms with Crippen LogP contribution in [0.25, 0.3) is 0 Å². The molecule has 0 aliphatic carbocycles. The minimum atomic E-state index is 0.492. The van der Waals surface area contributed by atoms with Gasteiger partial charge in [-0.05, 0) is 6.26 Å². The lowest BCUT2D eigenvalue weighted by Gasteiger charge is -2.04. The van der Waals surface area contributed by atoms with Gasteiger partial charge in [-0.1, -0.05) is 0 Å². The van der Waals surface area contributed by atoms with Crippen molar-refractivity contribution in [1.82, 2.24) is 25.3 Å². The second-order valence-corrected chi connectivity index (χ2v) is 6.36. The van der Waals surface area contributed by atoms with Gasteiger partial charge in [0.05, 0.1) is 24.9 Å². The number of guanidine groups is 1. The number of imidazole rings is 2. The summed E-state index contributed by atoms with van der Waals surface area (Å²) in [4.78, 5) is 18.7. The SMILES string of the molecule is CSc1nc[nH]c1CSCCN=C(N)NCCc1cnc[nH]1. The van der Waals surface area contributed by atoms with Crippen molar-refractivity contribution in [1.29, 1.82) is 0 Å². The number of nitrogens with one attached hydrogen (secondary N) is 3. The van der Waals surface area contributed by atoms with Gasteiger partial charge < -0.3 is 21.0 Å². The number of aliphatic imine (C=N–C) groups is 1. The zero-order valence-electron chi connectivity index (χ0n) is 12.5. The van der Waals surface area contributed by atoms with Crippen LogP contribution in [0.3, 0.4) is 0 Å². The van der Waals surface area contributed by atoms with E-state index in [0.29, 0.717) is 12.5 Å². The molecule has 0 radical (unpaired) electrons. The quantitative estimate of drug-likeness (QED) is 0.237. The molecule has 0 aliphatic rings. The highest BCUT2D eigenvalue weighted by molar-refractivity contribution is 7.99. The predicted octanol–water partition coefficient (Wildman–Crippen LogP) is 1.23. The van der Waals surface area contributed by atoms with Crippen LogP contribution in [0.15, 0.2) is 28.9 Å². The molecule has 7 nitrogen and oxygen atoms in total. The number of nitrogens with zero attached hydrogens (tertiary/aromatic N) is 3. The van der Waals surface area contributed by atoms with Gasteiger partial charge in [0.2, 0.25) is 0 Å². The third kappa shape index (κ3) is 5.64. The van der Waals surface area contributed by atoms with Gasteiger partial charge in [-0.3, -0.25) is 4.99 Å². The average molecular weight is 339 g/mol. The Morgan fingerprint density at radius 3 is 3.09 bits per heavy atom. The Labute approximate surface area is 138 Å². The van der Waals surface area contributed by atoms with Crippen LogP contribution >= 0.6 is 23.5 Å². The largest absolute Gasteiger partial charge is 0.370 e. The van der Waals surface area contributed by atoms with E-state index in [9.17, 15) is 0 Å². The molecule has 120 valence electrons. The number of hydrogen-bond acceptors (Lipinski definition) is 5. The summed E-state index contributed by atoms with van der Waals surface area (Å²) in [5.74, 6) is 2.33. The number of aromatic nitrogens is 4. The molecule has 2 aromatic heterocycles. The van der Waals surface area contributed by atoms with E-state index < -0.39 is 0 Å². The molecular weight excluding hydrogens is 318 g/mol. The third-order valence-corrected chi connectivity index (χ3v) is 4.59. The number of H-pyrrole nitrogens is 2. The van der Waals surface area contributed by atoms with Crippen molar-refractivity contribution in [3.63, 3.8) is 0 Å². The Bertz CT molecular complexity index is 565. The van der Waals surface area contributed by atoms with E-state index in [4.69, 9.17) is 5.73 Å². The van der Waals surface area contributed by atoms with Crippen molar-refractivity contribution in [2.24, 2.45) is 10.7 Å². The highest BCUT2D eigenvalue weighted by atomic mass is 32.2. The first-order valence-electron chi connectivity index (χ1n) is 6.94. The number of rotatable bonds is 9. The zero-order valence-corrected chi connectivity index (χ0v) is 14.1. The molecule has 0 bridgehead atoms. The zero-order chi connectivity index (χ0) is 15.6. The fraction of sp³-hybridized carbons (Fsp3) is 0.462. The summed E-state index contributed by atoms with van der Waals surface area (Å²) in [6.45, 7) is 1.45. The van der Waals surface area contributed by atoms with Crippen LogP contribution in [-0.2, 0) is 12.2 Å². The molecule has 0 spiro atoms. The molecule has 5 N–H and O–H groups in total. The first-order chi connectivity index (χ1) is 10.8. The Kier molecular flexibility index (Phi) is 7.17. The standard InChI is InChI=1S/C13H21N7S2/c1-21-12-11(19-9-20-12)7-22-5-4-17-13(14)16-3-2-10-6-15-8-18-10/h6,8-9H,2-5,7H2,1H3,(H,15,18)(H,19,20)(H3,14,16,17). The van der Waals surface area contributed by atoms with E-state index >= 15 is 0 Å². The Balaban J connectivity index is 1.56. The normalized spacial score (nSPS) is 11.8. The van der Waals surface area contributed by atoms with Crippen molar-refractivity contribution in [3.8, 4) is 0 Å². The minimum absolute atomic E-state index is 0.492. The van der Waals surface area contributed by atoms with Gasteiger partial charge in [0.25, 0.3) is 0 Å². The summed E-state index contributed by atoms with van der Waals surface area (Å²) in [6.07, 6.45) is 8.10. The van der Waals surface area contributed by atoms with Crippen LogP contribution in [0.1, 0.15) is 11.4 Å². The molecule has 0 fully saturated rings. The molecular formula is C13H21N7S2. The number of hydrogen-bond donors (Lipinski definition) is 4. The summed E-state index contributed by atoms with van der Waals surface area (Å²) in [7, 11) is 0. The van der Waals surface area contributed by atoms with Gasteiger partial charge in [0.1, 0.15) is 5.03 Å². The van der Waals surface area contributed by atoms with Gasteiger partial charge in [0.15, 0.2) is 5.96 Å². The highest BCUT2D eigenvalue weighted by Crippen LogP contribution is 2.20. The number of thioether (sulfide) groups is 2. The summed E-state index contributed by atoms with van der Waals surface area (Å²) < 4.78 is 0. The van der Waals surface area contributed by atoms with Crippen LogP contribution in [0.5, 0.6) is 0 Å². The Hall–Kier alpha value is -1.61. The molecule has 2 rings (SSSR count). The lowest BCUT2D eigenvalue weighted by atomic mass is 10.3. The first-order valence-corrected chi connectivity index (χ1v) is 9.32. The van der Waals surface area contributed by atoms with E-state index in [1.807, 2.05) is 24.2 Å². The molecule has 0 aromatic carbocycles. The summed E-state index contributed by atoms with van der Waals surface area (Å²) >= 11 is 3.47. The van der Waals surface area contributed by atoms with Crippen LogP contribution < -0.4 is 11.1 Å². The second kappa shape index (κ2) is 9.42. The van der Waals surface area contributed by atoms with Gasteiger partial charge in [-0.15, -0.1) is 11.8 Å². The molecule has 0 saturated heterocycles. The lowest BCUT2D eigenvalue weighted by molar-refractivity contribution is 0.835. The highest BCUT2D eigenvalue weighted by Gasteiger charge is 2.03. The van der Waals surface area contributed by atoms with E-state index in [2.05, 4.69) is 30.2 Å². The topological polar surface area (TPSA) is 108 Å². The maximum atomic E-state index is 5.82. The van der Waals surface area contributed by atoms with Crippen molar-refractivity contribution in [3.05, 3.63) is 30.2 Å². The molecule has 0 amide bonds. The predicted molar refractivity (Wildman–Crippen MR) is 93.3 cm³/mol. The average Bonchev–Trinajstić information content (AvgIpc) is 3.18. The molecule has 0 atom stereocenters. The molecule has 22 heavy (non-hydrogen) atoms. The maximum Gasteiger partial charge on any atom is 0.188 e. The second-order valence-electron chi connectivity index (χ2n) is 4.46. The Morgan fingerprint density at radius 1 is 1.41 bits per heavy atom. The maximum absolute atomic E-state index is 5.82. The molecule has 0 aliphatic heterocycles. The van der Waals surface area contributed by atoms with Crippen molar-refractivity contribution < 1.29 is 0 Å². The summed E-state index contributed by atoms with van der Waals surface area (Å²) in [5, 5.41) is 4.16. The van der Waals surface area contributed by atoms with Gasteiger partial charge in [-0.25, -0.2) is 9.97 Å². The summed E-state index contributed by atoms with van der Waals surface area (Å²) in [5.41, 5.74) is 8.08. The molecule has 2 heterocycles. The van der Waals surface area contributed by atoms with Crippen molar-refractivity contribution in [2.45, 2.75) is 17.2 Å².